The summed E-state index contributed by atoms with van der Waals surface area (Å²) in [7, 11) is 0.814. The van der Waals surface area contributed by atoms with Gasteiger partial charge in [-0.15, -0.1) is 0 Å². The van der Waals surface area contributed by atoms with Gasteiger partial charge in [0.2, 0.25) is 0 Å². The zero-order valence-electron chi connectivity index (χ0n) is 12.9. The van der Waals surface area contributed by atoms with Gasteiger partial charge in [-0.05, 0) is 39.3 Å². The summed E-state index contributed by atoms with van der Waals surface area (Å²) >= 11 is 0. The van der Waals surface area contributed by atoms with E-state index in [1.54, 1.807) is 0 Å². The first kappa shape index (κ1) is 17.6. The summed E-state index contributed by atoms with van der Waals surface area (Å²) in [5.41, 5.74) is -0.594. The number of esters is 1. The molecule has 1 fully saturated rings. The van der Waals surface area contributed by atoms with Gasteiger partial charge in [0.05, 0.1) is 7.11 Å². The largest absolute Gasteiger partial charge is 0.468 e. The van der Waals surface area contributed by atoms with Crippen molar-refractivity contribution >= 4 is 16.8 Å². The number of hydrogen-bond acceptors (Lipinski definition) is 5. The molecule has 0 amide bonds. The van der Waals surface area contributed by atoms with E-state index in [1.807, 2.05) is 6.92 Å². The van der Waals surface area contributed by atoms with E-state index in [9.17, 15) is 9.00 Å². The first-order chi connectivity index (χ1) is 9.51. The van der Waals surface area contributed by atoms with Crippen molar-refractivity contribution in [1.82, 2.24) is 10.2 Å². The number of ether oxygens (including phenoxy) is 1. The Labute approximate surface area is 124 Å². The molecule has 1 saturated heterocycles. The average molecular weight is 304 g/mol. The first-order valence-electron chi connectivity index (χ1n) is 7.42. The number of rotatable bonds is 8. The molecule has 0 aromatic rings. The second kappa shape index (κ2) is 8.74. The van der Waals surface area contributed by atoms with Gasteiger partial charge in [-0.25, -0.2) is 0 Å². The zero-order chi connectivity index (χ0) is 15.0. The molecule has 0 bridgehead atoms. The van der Waals surface area contributed by atoms with Crippen molar-refractivity contribution in [3.8, 4) is 0 Å². The summed E-state index contributed by atoms with van der Waals surface area (Å²) < 4.78 is 16.2. The molecular weight excluding hydrogens is 276 g/mol. The number of nitrogens with one attached hydrogen (secondary N) is 1. The van der Waals surface area contributed by atoms with Crippen molar-refractivity contribution in [2.24, 2.45) is 0 Å². The third-order valence-electron chi connectivity index (χ3n) is 3.82. The van der Waals surface area contributed by atoms with Crippen molar-refractivity contribution in [3.05, 3.63) is 0 Å². The third kappa shape index (κ3) is 5.50. The van der Waals surface area contributed by atoms with Gasteiger partial charge in [0, 0.05) is 35.4 Å². The fraction of sp³-hybridized carbons (Fsp3) is 0.929. The van der Waals surface area contributed by atoms with Gasteiger partial charge in [-0.2, -0.15) is 0 Å². The van der Waals surface area contributed by atoms with Crippen LogP contribution in [0, 0.1) is 0 Å². The SMILES string of the molecule is CCCNC(C)(CCCN1CCS(=O)CC1)C(=O)OC. The molecule has 20 heavy (non-hydrogen) atoms. The maximum absolute atomic E-state index is 11.9. The van der Waals surface area contributed by atoms with E-state index >= 15 is 0 Å². The van der Waals surface area contributed by atoms with Crippen LogP contribution in [0.15, 0.2) is 0 Å². The molecule has 1 aliphatic heterocycles. The van der Waals surface area contributed by atoms with E-state index in [-0.39, 0.29) is 5.97 Å². The molecule has 0 radical (unpaired) electrons. The van der Waals surface area contributed by atoms with Crippen molar-refractivity contribution in [2.45, 2.75) is 38.6 Å². The van der Waals surface area contributed by atoms with Crippen LogP contribution in [0.1, 0.15) is 33.1 Å². The molecule has 0 aliphatic carbocycles. The van der Waals surface area contributed by atoms with E-state index in [0.717, 1.165) is 56.9 Å². The Bertz CT molecular complexity index is 328. The predicted octanol–water partition coefficient (Wildman–Crippen LogP) is 0.762. The summed E-state index contributed by atoms with van der Waals surface area (Å²) in [6.07, 6.45) is 2.69. The molecule has 1 atom stereocenters. The Morgan fingerprint density at radius 2 is 2.05 bits per heavy atom. The van der Waals surface area contributed by atoms with E-state index < -0.39 is 16.3 Å². The maximum Gasteiger partial charge on any atom is 0.325 e. The first-order valence-corrected chi connectivity index (χ1v) is 8.91. The van der Waals surface area contributed by atoms with E-state index in [4.69, 9.17) is 4.74 Å². The van der Waals surface area contributed by atoms with E-state index in [1.165, 1.54) is 7.11 Å². The normalized spacial score (nSPS) is 20.6. The van der Waals surface area contributed by atoms with Gasteiger partial charge in [0.25, 0.3) is 0 Å². The standard InChI is InChI=1S/C14H28N2O3S/c1-4-7-15-14(2,13(17)19-3)6-5-8-16-9-11-20(18)12-10-16/h15H,4-12H2,1-3H3. The highest BCUT2D eigenvalue weighted by Crippen LogP contribution is 2.15. The fourth-order valence-corrected chi connectivity index (χ4v) is 3.57. The lowest BCUT2D eigenvalue weighted by atomic mass is 9.95. The molecule has 5 nitrogen and oxygen atoms in total. The molecule has 1 rings (SSSR count). The highest BCUT2D eigenvalue weighted by Gasteiger charge is 2.33. The number of carbonyl (C=O) groups excluding carboxylic acids is 1. The smallest absolute Gasteiger partial charge is 0.325 e. The van der Waals surface area contributed by atoms with Crippen LogP contribution >= 0.6 is 0 Å². The topological polar surface area (TPSA) is 58.6 Å². The summed E-state index contributed by atoms with van der Waals surface area (Å²) in [4.78, 5) is 14.3. The molecule has 1 aliphatic rings. The predicted molar refractivity (Wildman–Crippen MR) is 82.3 cm³/mol. The van der Waals surface area contributed by atoms with Gasteiger partial charge >= 0.3 is 5.97 Å². The molecule has 0 aromatic carbocycles. The van der Waals surface area contributed by atoms with Crippen molar-refractivity contribution in [1.29, 1.82) is 0 Å². The molecule has 0 saturated carbocycles. The summed E-state index contributed by atoms with van der Waals surface area (Å²) in [5, 5.41) is 3.30. The Kier molecular flexibility index (Phi) is 7.69. The summed E-state index contributed by atoms with van der Waals surface area (Å²) in [6.45, 7) is 7.58. The van der Waals surface area contributed by atoms with E-state index in [0.29, 0.717) is 0 Å². The molecule has 0 spiro atoms. The summed E-state index contributed by atoms with van der Waals surface area (Å²) in [6, 6.07) is 0. The third-order valence-corrected chi connectivity index (χ3v) is 5.10. The highest BCUT2D eigenvalue weighted by atomic mass is 32.2. The van der Waals surface area contributed by atoms with Crippen LogP contribution in [-0.2, 0) is 20.3 Å². The number of nitrogens with zero attached hydrogens (tertiary/aromatic N) is 1. The van der Waals surface area contributed by atoms with Crippen molar-refractivity contribution < 1.29 is 13.7 Å². The lowest BCUT2D eigenvalue weighted by molar-refractivity contribution is -0.148. The van der Waals surface area contributed by atoms with Crippen LogP contribution in [0.2, 0.25) is 0 Å². The second-order valence-corrected chi connectivity index (χ2v) is 7.24. The summed E-state index contributed by atoms with van der Waals surface area (Å²) in [5.74, 6) is 1.37. The van der Waals surface area contributed by atoms with Crippen LogP contribution in [0.5, 0.6) is 0 Å². The maximum atomic E-state index is 11.9. The van der Waals surface area contributed by atoms with Gasteiger partial charge in [0.15, 0.2) is 0 Å². The second-order valence-electron chi connectivity index (χ2n) is 5.54. The minimum atomic E-state index is -0.625. The molecule has 118 valence electrons. The Balaban J connectivity index is 2.38. The molecule has 6 heteroatoms. The number of methoxy groups -OCH3 is 1. The zero-order valence-corrected chi connectivity index (χ0v) is 13.8. The van der Waals surface area contributed by atoms with Gasteiger partial charge in [-0.3, -0.25) is 9.00 Å². The van der Waals surface area contributed by atoms with Crippen molar-refractivity contribution in [3.63, 3.8) is 0 Å². The van der Waals surface area contributed by atoms with Gasteiger partial charge in [-0.1, -0.05) is 6.92 Å². The van der Waals surface area contributed by atoms with Crippen LogP contribution in [0.25, 0.3) is 0 Å². The van der Waals surface area contributed by atoms with Crippen LogP contribution in [0.4, 0.5) is 0 Å². The highest BCUT2D eigenvalue weighted by molar-refractivity contribution is 7.85. The Morgan fingerprint density at radius 3 is 2.60 bits per heavy atom. The molecule has 1 unspecified atom stereocenters. The lowest BCUT2D eigenvalue weighted by Gasteiger charge is -2.30. The average Bonchev–Trinajstić information content (AvgIpc) is 2.46. The van der Waals surface area contributed by atoms with Gasteiger partial charge in [0.1, 0.15) is 5.54 Å². The molecule has 1 N–H and O–H groups in total. The molecule has 1 heterocycles. The quantitative estimate of drug-likeness (QED) is 0.671. The Hall–Kier alpha value is -0.460. The minimum absolute atomic E-state index is 0.189. The lowest BCUT2D eigenvalue weighted by Crippen LogP contribution is -2.51. The number of hydrogen-bond donors (Lipinski definition) is 1. The molecule has 0 aromatic heterocycles. The number of carbonyl (C=O) groups is 1. The van der Waals surface area contributed by atoms with Crippen molar-refractivity contribution in [2.75, 3.05) is 44.8 Å². The Morgan fingerprint density at radius 1 is 1.40 bits per heavy atom. The fourth-order valence-electron chi connectivity index (χ4n) is 2.44. The van der Waals surface area contributed by atoms with E-state index in [2.05, 4.69) is 17.1 Å². The van der Waals surface area contributed by atoms with Crippen LogP contribution in [0.3, 0.4) is 0 Å². The monoisotopic (exact) mass is 304 g/mol. The van der Waals surface area contributed by atoms with Crippen LogP contribution < -0.4 is 5.32 Å². The van der Waals surface area contributed by atoms with Crippen LogP contribution in [-0.4, -0.2) is 65.4 Å². The van der Waals surface area contributed by atoms with Gasteiger partial charge < -0.3 is 15.0 Å². The molecular formula is C14H28N2O3S. The minimum Gasteiger partial charge on any atom is -0.468 e.